The highest BCUT2D eigenvalue weighted by molar-refractivity contribution is 6.31. The summed E-state index contributed by atoms with van der Waals surface area (Å²) < 4.78 is 5.08. The minimum Gasteiger partial charge on any atom is -0.445 e. The summed E-state index contributed by atoms with van der Waals surface area (Å²) >= 11 is 5.80. The molecule has 8 heteroatoms. The molecular weight excluding hydrogens is 332 g/mol. The molecule has 0 spiro atoms. The van der Waals surface area contributed by atoms with Crippen molar-refractivity contribution in [2.75, 3.05) is 0 Å². The second-order valence-electron chi connectivity index (χ2n) is 4.95. The van der Waals surface area contributed by atoms with Crippen molar-refractivity contribution >= 4 is 28.7 Å². The maximum absolute atomic E-state index is 12.0. The van der Waals surface area contributed by atoms with Crippen LogP contribution in [0.25, 0.3) is 11.0 Å². The Hall–Kier alpha value is -2.93. The molecule has 7 nitrogen and oxygen atoms in total. The van der Waals surface area contributed by atoms with Gasteiger partial charge < -0.3 is 15.0 Å². The first-order valence-corrected chi connectivity index (χ1v) is 7.48. The molecule has 1 aromatic carbocycles. The highest BCUT2D eigenvalue weighted by atomic mass is 35.5. The highest BCUT2D eigenvalue weighted by Crippen LogP contribution is 2.11. The Kier molecular flexibility index (Phi) is 4.72. The van der Waals surface area contributed by atoms with Crippen molar-refractivity contribution in [2.45, 2.75) is 13.2 Å². The third kappa shape index (κ3) is 3.88. The standard InChI is InChI=1S/C16H13ClN4O3/c17-11-6-12-14(18-7-11)20-13(21-15(12)22)8-19-16(23)24-9-10-4-2-1-3-5-10/h1-7H,8-9H2,(H,19,23)(H,18,20,21,22). The van der Waals surface area contributed by atoms with E-state index in [0.29, 0.717) is 5.02 Å². The Bertz CT molecular complexity index is 928. The zero-order valence-corrected chi connectivity index (χ0v) is 13.2. The predicted octanol–water partition coefficient (Wildman–Crippen LogP) is 2.40. The molecule has 2 N–H and O–H groups in total. The number of carbonyl (C=O) groups excluding carboxylic acids is 1. The number of fused-ring (bicyclic) bond motifs is 1. The van der Waals surface area contributed by atoms with Crippen LogP contribution in [0.2, 0.25) is 5.02 Å². The monoisotopic (exact) mass is 344 g/mol. The third-order valence-electron chi connectivity index (χ3n) is 3.19. The van der Waals surface area contributed by atoms with Crippen LogP contribution in [0.3, 0.4) is 0 Å². The number of benzene rings is 1. The molecule has 0 saturated heterocycles. The number of nitrogens with zero attached hydrogens (tertiary/aromatic N) is 2. The zero-order chi connectivity index (χ0) is 16.9. The van der Waals surface area contributed by atoms with E-state index in [1.165, 1.54) is 12.3 Å². The van der Waals surface area contributed by atoms with Gasteiger partial charge >= 0.3 is 6.09 Å². The van der Waals surface area contributed by atoms with E-state index in [4.69, 9.17) is 16.3 Å². The van der Waals surface area contributed by atoms with Gasteiger partial charge in [-0.15, -0.1) is 0 Å². The Morgan fingerprint density at radius 1 is 1.29 bits per heavy atom. The van der Waals surface area contributed by atoms with E-state index in [1.807, 2.05) is 30.3 Å². The van der Waals surface area contributed by atoms with Crippen LogP contribution >= 0.6 is 11.6 Å². The fourth-order valence-corrected chi connectivity index (χ4v) is 2.21. The third-order valence-corrected chi connectivity index (χ3v) is 3.40. The van der Waals surface area contributed by atoms with Crippen molar-refractivity contribution in [3.63, 3.8) is 0 Å². The van der Waals surface area contributed by atoms with Crippen LogP contribution in [0.4, 0.5) is 4.79 Å². The number of ether oxygens (including phenoxy) is 1. The smallest absolute Gasteiger partial charge is 0.407 e. The zero-order valence-electron chi connectivity index (χ0n) is 12.5. The molecule has 0 bridgehead atoms. The molecule has 2 heterocycles. The summed E-state index contributed by atoms with van der Waals surface area (Å²) in [7, 11) is 0. The number of hydrogen-bond acceptors (Lipinski definition) is 5. The number of amides is 1. The molecular formula is C16H13ClN4O3. The number of alkyl carbamates (subject to hydrolysis) is 1. The molecule has 1 amide bonds. The van der Waals surface area contributed by atoms with Crippen LogP contribution < -0.4 is 10.9 Å². The number of halogens is 1. The van der Waals surface area contributed by atoms with Gasteiger partial charge in [-0.25, -0.2) is 14.8 Å². The number of nitrogens with one attached hydrogen (secondary N) is 2. The molecule has 2 aromatic heterocycles. The molecule has 122 valence electrons. The summed E-state index contributed by atoms with van der Waals surface area (Å²) in [5, 5.41) is 3.17. The van der Waals surface area contributed by atoms with Crippen molar-refractivity contribution in [3.8, 4) is 0 Å². The molecule has 3 aromatic rings. The molecule has 0 unspecified atom stereocenters. The maximum Gasteiger partial charge on any atom is 0.407 e. The summed E-state index contributed by atoms with van der Waals surface area (Å²) in [6, 6.07) is 10.8. The van der Waals surface area contributed by atoms with Crippen molar-refractivity contribution in [3.05, 3.63) is 69.4 Å². The highest BCUT2D eigenvalue weighted by Gasteiger charge is 2.08. The van der Waals surface area contributed by atoms with Crippen molar-refractivity contribution < 1.29 is 9.53 Å². The van der Waals surface area contributed by atoms with E-state index >= 15 is 0 Å². The van der Waals surface area contributed by atoms with E-state index in [9.17, 15) is 9.59 Å². The van der Waals surface area contributed by atoms with Gasteiger partial charge in [0.05, 0.1) is 17.0 Å². The second kappa shape index (κ2) is 7.10. The van der Waals surface area contributed by atoms with Gasteiger partial charge in [-0.3, -0.25) is 4.79 Å². The topological polar surface area (TPSA) is 97.0 Å². The van der Waals surface area contributed by atoms with Crippen molar-refractivity contribution in [1.29, 1.82) is 0 Å². The molecule has 24 heavy (non-hydrogen) atoms. The van der Waals surface area contributed by atoms with E-state index in [-0.39, 0.29) is 35.6 Å². The normalized spacial score (nSPS) is 10.5. The number of aromatic nitrogens is 3. The number of aromatic amines is 1. The number of hydrogen-bond donors (Lipinski definition) is 2. The average Bonchev–Trinajstić information content (AvgIpc) is 2.60. The predicted molar refractivity (Wildman–Crippen MR) is 88.6 cm³/mol. The summed E-state index contributed by atoms with van der Waals surface area (Å²) in [6.07, 6.45) is 0.799. The first-order chi connectivity index (χ1) is 11.6. The number of carbonyl (C=O) groups is 1. The molecule has 0 atom stereocenters. The lowest BCUT2D eigenvalue weighted by molar-refractivity contribution is 0.139. The quantitative estimate of drug-likeness (QED) is 0.757. The first kappa shape index (κ1) is 15.9. The number of H-pyrrole nitrogens is 1. The minimum absolute atomic E-state index is 0.0170. The Labute approximate surface area is 141 Å². The Balaban J connectivity index is 1.62. The lowest BCUT2D eigenvalue weighted by Gasteiger charge is -2.07. The second-order valence-corrected chi connectivity index (χ2v) is 5.39. The lowest BCUT2D eigenvalue weighted by atomic mass is 10.2. The van der Waals surface area contributed by atoms with Crippen LogP contribution in [-0.4, -0.2) is 21.0 Å². The number of rotatable bonds is 4. The van der Waals surface area contributed by atoms with E-state index in [2.05, 4.69) is 20.3 Å². The van der Waals surface area contributed by atoms with Gasteiger partial charge in [0.1, 0.15) is 12.4 Å². The first-order valence-electron chi connectivity index (χ1n) is 7.11. The van der Waals surface area contributed by atoms with Crippen molar-refractivity contribution in [2.24, 2.45) is 0 Å². The summed E-state index contributed by atoms with van der Waals surface area (Å²) in [6.45, 7) is 0.178. The van der Waals surface area contributed by atoms with Crippen LogP contribution in [0.15, 0.2) is 47.4 Å². The Morgan fingerprint density at radius 2 is 2.08 bits per heavy atom. The van der Waals surface area contributed by atoms with Crippen LogP contribution in [-0.2, 0) is 17.9 Å². The van der Waals surface area contributed by atoms with Gasteiger partial charge in [0.25, 0.3) is 5.56 Å². The van der Waals surface area contributed by atoms with E-state index < -0.39 is 6.09 Å². The van der Waals surface area contributed by atoms with Gasteiger partial charge in [0, 0.05) is 6.20 Å². The SMILES string of the molecule is O=C(NCc1nc2ncc(Cl)cc2c(=O)[nH]1)OCc1ccccc1. The largest absolute Gasteiger partial charge is 0.445 e. The van der Waals surface area contributed by atoms with Gasteiger partial charge in [0.2, 0.25) is 0 Å². The summed E-state index contributed by atoms with van der Waals surface area (Å²) in [4.78, 5) is 34.4. The summed E-state index contributed by atoms with van der Waals surface area (Å²) in [5.74, 6) is 0.277. The molecule has 0 radical (unpaired) electrons. The van der Waals surface area contributed by atoms with Crippen molar-refractivity contribution in [1.82, 2.24) is 20.3 Å². The molecule has 0 saturated carbocycles. The lowest BCUT2D eigenvalue weighted by Crippen LogP contribution is -2.26. The average molecular weight is 345 g/mol. The fraction of sp³-hybridized carbons (Fsp3) is 0.125. The maximum atomic E-state index is 12.0. The summed E-state index contributed by atoms with van der Waals surface area (Å²) in [5.41, 5.74) is 0.771. The molecule has 0 aliphatic heterocycles. The van der Waals surface area contributed by atoms with Gasteiger partial charge in [-0.05, 0) is 11.6 Å². The van der Waals surface area contributed by atoms with Crippen LogP contribution in [0, 0.1) is 0 Å². The fourth-order valence-electron chi connectivity index (χ4n) is 2.06. The molecule has 0 aliphatic carbocycles. The minimum atomic E-state index is -0.606. The molecule has 0 aliphatic rings. The Morgan fingerprint density at radius 3 is 2.88 bits per heavy atom. The van der Waals surface area contributed by atoms with Gasteiger partial charge in [0.15, 0.2) is 5.65 Å². The van der Waals surface area contributed by atoms with Gasteiger partial charge in [-0.1, -0.05) is 41.9 Å². The van der Waals surface area contributed by atoms with E-state index in [1.54, 1.807) is 0 Å². The van der Waals surface area contributed by atoms with Crippen LogP contribution in [0.5, 0.6) is 0 Å². The molecule has 3 rings (SSSR count). The van der Waals surface area contributed by atoms with Crippen LogP contribution in [0.1, 0.15) is 11.4 Å². The van der Waals surface area contributed by atoms with Gasteiger partial charge in [-0.2, -0.15) is 0 Å². The number of pyridine rings is 1. The molecule has 0 fully saturated rings. The van der Waals surface area contributed by atoms with E-state index in [0.717, 1.165) is 5.56 Å².